The van der Waals surface area contributed by atoms with Gasteiger partial charge < -0.3 is 10.1 Å². The maximum Gasteiger partial charge on any atom is 0.123 e. The third-order valence-electron chi connectivity index (χ3n) is 3.68. The molecule has 0 saturated carbocycles. The molecule has 0 radical (unpaired) electrons. The Bertz CT molecular complexity index is 363. The first kappa shape index (κ1) is 12.4. The molecule has 0 aliphatic carbocycles. The van der Waals surface area contributed by atoms with Gasteiger partial charge in [0.25, 0.3) is 0 Å². The molecule has 0 aromatic heterocycles. The van der Waals surface area contributed by atoms with E-state index in [0.29, 0.717) is 12.1 Å². The van der Waals surface area contributed by atoms with E-state index in [4.69, 9.17) is 4.74 Å². The van der Waals surface area contributed by atoms with Crippen LogP contribution >= 0.6 is 0 Å². The van der Waals surface area contributed by atoms with Crippen molar-refractivity contribution in [1.82, 2.24) is 10.2 Å². The Morgan fingerprint density at radius 1 is 1.41 bits per heavy atom. The number of benzene rings is 1. The number of hydrogen-bond donors (Lipinski definition) is 1. The second-order valence-electron chi connectivity index (χ2n) is 4.56. The normalized spacial score (nSPS) is 17.9. The monoisotopic (exact) mass is 234 g/mol. The maximum absolute atomic E-state index is 5.45. The molecule has 1 unspecified atom stereocenters. The predicted molar refractivity (Wildman–Crippen MR) is 70.4 cm³/mol. The van der Waals surface area contributed by atoms with Gasteiger partial charge in [-0.25, -0.2) is 0 Å². The summed E-state index contributed by atoms with van der Waals surface area (Å²) < 4.78 is 5.45. The van der Waals surface area contributed by atoms with Gasteiger partial charge in [-0.15, -0.1) is 0 Å². The summed E-state index contributed by atoms with van der Waals surface area (Å²) in [6.45, 7) is 7.77. The minimum atomic E-state index is 0.406. The first-order valence-corrected chi connectivity index (χ1v) is 6.37. The second kappa shape index (κ2) is 5.52. The zero-order valence-corrected chi connectivity index (χ0v) is 10.9. The van der Waals surface area contributed by atoms with Crippen molar-refractivity contribution in [3.05, 3.63) is 29.8 Å². The zero-order chi connectivity index (χ0) is 12.3. The van der Waals surface area contributed by atoms with E-state index in [0.717, 1.165) is 25.4 Å². The minimum Gasteiger partial charge on any atom is -0.496 e. The topological polar surface area (TPSA) is 24.5 Å². The molecule has 0 amide bonds. The van der Waals surface area contributed by atoms with E-state index < -0.39 is 0 Å². The van der Waals surface area contributed by atoms with Gasteiger partial charge in [-0.1, -0.05) is 25.1 Å². The summed E-state index contributed by atoms with van der Waals surface area (Å²) in [6, 6.07) is 9.39. The average molecular weight is 234 g/mol. The van der Waals surface area contributed by atoms with Gasteiger partial charge in [0.15, 0.2) is 0 Å². The van der Waals surface area contributed by atoms with Crippen LogP contribution in [0.15, 0.2) is 24.3 Å². The number of nitrogens with one attached hydrogen (secondary N) is 1. The lowest BCUT2D eigenvalue weighted by molar-refractivity contribution is 0.108. The second-order valence-corrected chi connectivity index (χ2v) is 4.56. The molecule has 3 heteroatoms. The Balaban J connectivity index is 2.18. The molecular weight excluding hydrogens is 212 g/mol. The quantitative estimate of drug-likeness (QED) is 0.844. The summed E-state index contributed by atoms with van der Waals surface area (Å²) in [6.07, 6.45) is 0. The number of methoxy groups -OCH3 is 1. The Hall–Kier alpha value is -1.06. The number of likely N-dealkylation sites (N-methyl/N-ethyl adjacent to an activating group) is 1. The standard InChI is InChI=1S/C14H22N2O/c1-4-16(12-9-15-10-12)11(2)13-7-5-6-8-14(13)17-3/h5-8,11-12,15H,4,9-10H2,1-3H3. The minimum absolute atomic E-state index is 0.406. The van der Waals surface area contributed by atoms with Crippen LogP contribution in [0.3, 0.4) is 0 Å². The summed E-state index contributed by atoms with van der Waals surface area (Å²) in [7, 11) is 1.74. The molecule has 0 bridgehead atoms. The number of nitrogens with zero attached hydrogens (tertiary/aromatic N) is 1. The van der Waals surface area contributed by atoms with E-state index in [2.05, 4.69) is 36.2 Å². The van der Waals surface area contributed by atoms with Crippen molar-refractivity contribution in [2.45, 2.75) is 25.9 Å². The van der Waals surface area contributed by atoms with Gasteiger partial charge in [0.2, 0.25) is 0 Å². The highest BCUT2D eigenvalue weighted by Crippen LogP contribution is 2.30. The van der Waals surface area contributed by atoms with Crippen LogP contribution in [0.25, 0.3) is 0 Å². The van der Waals surface area contributed by atoms with Gasteiger partial charge in [0, 0.05) is 30.7 Å². The number of para-hydroxylation sites is 1. The summed E-state index contributed by atoms with van der Waals surface area (Å²) in [5.74, 6) is 0.991. The summed E-state index contributed by atoms with van der Waals surface area (Å²) in [4.78, 5) is 2.54. The average Bonchev–Trinajstić information content (AvgIpc) is 2.32. The molecule has 1 fully saturated rings. The predicted octanol–water partition coefficient (Wildman–Crippen LogP) is 2.05. The molecule has 1 aliphatic rings. The highest BCUT2D eigenvalue weighted by atomic mass is 16.5. The third kappa shape index (κ3) is 2.45. The Kier molecular flexibility index (Phi) is 4.02. The van der Waals surface area contributed by atoms with Crippen molar-refractivity contribution in [3.63, 3.8) is 0 Å². The number of rotatable bonds is 5. The molecule has 1 N–H and O–H groups in total. The maximum atomic E-state index is 5.45. The first-order valence-electron chi connectivity index (χ1n) is 6.37. The van der Waals surface area contributed by atoms with E-state index in [-0.39, 0.29) is 0 Å². The van der Waals surface area contributed by atoms with Crippen LogP contribution < -0.4 is 10.1 Å². The van der Waals surface area contributed by atoms with Gasteiger partial charge in [-0.05, 0) is 19.5 Å². The summed E-state index contributed by atoms with van der Waals surface area (Å²) >= 11 is 0. The molecule has 3 nitrogen and oxygen atoms in total. The fourth-order valence-electron chi connectivity index (χ4n) is 2.55. The first-order chi connectivity index (χ1) is 8.27. The molecule has 1 atom stereocenters. The van der Waals surface area contributed by atoms with Gasteiger partial charge in [-0.2, -0.15) is 0 Å². The van der Waals surface area contributed by atoms with Crippen LogP contribution in [-0.4, -0.2) is 37.7 Å². The molecule has 2 rings (SSSR count). The van der Waals surface area contributed by atoms with E-state index in [1.54, 1.807) is 7.11 Å². The van der Waals surface area contributed by atoms with E-state index >= 15 is 0 Å². The van der Waals surface area contributed by atoms with E-state index in [1.165, 1.54) is 5.56 Å². The lowest BCUT2D eigenvalue weighted by Crippen LogP contribution is -2.57. The van der Waals surface area contributed by atoms with Crippen molar-refractivity contribution >= 4 is 0 Å². The van der Waals surface area contributed by atoms with Gasteiger partial charge in [0.05, 0.1) is 7.11 Å². The lowest BCUT2D eigenvalue weighted by Gasteiger charge is -2.41. The fraction of sp³-hybridized carbons (Fsp3) is 0.571. The highest BCUT2D eigenvalue weighted by molar-refractivity contribution is 5.35. The molecule has 94 valence electrons. The van der Waals surface area contributed by atoms with Crippen LogP contribution in [0.2, 0.25) is 0 Å². The van der Waals surface area contributed by atoms with E-state index in [9.17, 15) is 0 Å². The van der Waals surface area contributed by atoms with Gasteiger partial charge >= 0.3 is 0 Å². The van der Waals surface area contributed by atoms with Crippen LogP contribution in [0.1, 0.15) is 25.5 Å². The van der Waals surface area contributed by atoms with Crippen LogP contribution in [0.4, 0.5) is 0 Å². The molecule has 1 aromatic carbocycles. The SMILES string of the molecule is CCN(C1CNC1)C(C)c1ccccc1OC. The van der Waals surface area contributed by atoms with Crippen LogP contribution in [-0.2, 0) is 0 Å². The van der Waals surface area contributed by atoms with Crippen LogP contribution in [0.5, 0.6) is 5.75 Å². The summed E-state index contributed by atoms with van der Waals surface area (Å²) in [5.41, 5.74) is 1.28. The Morgan fingerprint density at radius 2 is 2.12 bits per heavy atom. The smallest absolute Gasteiger partial charge is 0.123 e. The Labute approximate surface area is 104 Å². The third-order valence-corrected chi connectivity index (χ3v) is 3.68. The van der Waals surface area contributed by atoms with Crippen molar-refractivity contribution < 1.29 is 4.74 Å². The van der Waals surface area contributed by atoms with Crippen molar-refractivity contribution in [2.24, 2.45) is 0 Å². The van der Waals surface area contributed by atoms with Crippen LogP contribution in [0, 0.1) is 0 Å². The summed E-state index contributed by atoms with van der Waals surface area (Å²) in [5, 5.41) is 3.34. The number of hydrogen-bond acceptors (Lipinski definition) is 3. The van der Waals surface area contributed by atoms with Crippen molar-refractivity contribution in [2.75, 3.05) is 26.7 Å². The van der Waals surface area contributed by atoms with Gasteiger partial charge in [-0.3, -0.25) is 4.90 Å². The molecule has 1 aromatic rings. The molecule has 0 spiro atoms. The highest BCUT2D eigenvalue weighted by Gasteiger charge is 2.28. The molecule has 1 heterocycles. The Morgan fingerprint density at radius 3 is 2.65 bits per heavy atom. The number of ether oxygens (including phenoxy) is 1. The van der Waals surface area contributed by atoms with Crippen molar-refractivity contribution in [3.8, 4) is 5.75 Å². The molecule has 17 heavy (non-hydrogen) atoms. The largest absolute Gasteiger partial charge is 0.496 e. The molecular formula is C14H22N2O. The van der Waals surface area contributed by atoms with E-state index in [1.807, 2.05) is 12.1 Å². The fourth-order valence-corrected chi connectivity index (χ4v) is 2.55. The molecule has 1 saturated heterocycles. The van der Waals surface area contributed by atoms with Crippen molar-refractivity contribution in [1.29, 1.82) is 0 Å². The van der Waals surface area contributed by atoms with Gasteiger partial charge in [0.1, 0.15) is 5.75 Å². The lowest BCUT2D eigenvalue weighted by atomic mass is 10.0. The zero-order valence-electron chi connectivity index (χ0n) is 10.9. The molecule has 1 aliphatic heterocycles.